The molecule has 134 valence electrons. The van der Waals surface area contributed by atoms with Crippen molar-refractivity contribution < 1.29 is 14.6 Å². The van der Waals surface area contributed by atoms with E-state index in [1.54, 1.807) is 13.1 Å². The fourth-order valence-corrected chi connectivity index (χ4v) is 3.46. The standard InChI is InChI=1S/C17H21ClN4O3/c1-10-12(18)8-19-17(25-2)15(10)16(24)21-13-6-11(7-14(13)23)9-22-5-3-4-20-22/h3-5,8,11,13-14,23H,6-7,9H2,1-2H3,(H,21,24)/t11?,13-,14-/m1/s1. The molecule has 1 fully saturated rings. The van der Waals surface area contributed by atoms with Crippen molar-refractivity contribution in [3.63, 3.8) is 0 Å². The van der Waals surface area contributed by atoms with Gasteiger partial charge in [0.25, 0.3) is 5.91 Å². The Bertz CT molecular complexity index is 751. The summed E-state index contributed by atoms with van der Waals surface area (Å²) in [6, 6.07) is 1.54. The fraction of sp³-hybridized carbons (Fsp3) is 0.471. The molecule has 2 N–H and O–H groups in total. The molecule has 0 aliphatic heterocycles. The average molecular weight is 365 g/mol. The Morgan fingerprint density at radius 2 is 2.32 bits per heavy atom. The van der Waals surface area contributed by atoms with Gasteiger partial charge in [-0.05, 0) is 37.3 Å². The van der Waals surface area contributed by atoms with Crippen molar-refractivity contribution in [1.82, 2.24) is 20.1 Å². The summed E-state index contributed by atoms with van der Waals surface area (Å²) >= 11 is 6.08. The van der Waals surface area contributed by atoms with E-state index in [1.807, 2.05) is 16.9 Å². The second-order valence-corrected chi connectivity index (χ2v) is 6.74. The zero-order chi connectivity index (χ0) is 18.0. The van der Waals surface area contributed by atoms with Crippen LogP contribution in [0.1, 0.15) is 28.8 Å². The smallest absolute Gasteiger partial charge is 0.257 e. The van der Waals surface area contributed by atoms with Gasteiger partial charge in [-0.25, -0.2) is 4.98 Å². The molecule has 8 heteroatoms. The summed E-state index contributed by atoms with van der Waals surface area (Å²) in [5.74, 6) is 0.133. The van der Waals surface area contributed by atoms with Gasteiger partial charge in [-0.15, -0.1) is 0 Å². The van der Waals surface area contributed by atoms with Crippen LogP contribution in [0.25, 0.3) is 0 Å². The van der Waals surface area contributed by atoms with Gasteiger partial charge in [0.15, 0.2) is 0 Å². The van der Waals surface area contributed by atoms with E-state index in [4.69, 9.17) is 16.3 Å². The molecule has 0 spiro atoms. The Balaban J connectivity index is 1.70. The molecule has 1 unspecified atom stereocenters. The van der Waals surface area contributed by atoms with Gasteiger partial charge in [0.05, 0.1) is 24.3 Å². The lowest BCUT2D eigenvalue weighted by molar-refractivity contribution is 0.0868. The molecule has 2 aromatic rings. The maximum atomic E-state index is 12.7. The van der Waals surface area contributed by atoms with Gasteiger partial charge in [0.2, 0.25) is 5.88 Å². The number of nitrogens with one attached hydrogen (secondary N) is 1. The lowest BCUT2D eigenvalue weighted by Gasteiger charge is -2.18. The number of ether oxygens (including phenoxy) is 1. The predicted octanol–water partition coefficient (Wildman–Crippen LogP) is 1.82. The number of methoxy groups -OCH3 is 1. The van der Waals surface area contributed by atoms with Gasteiger partial charge in [-0.3, -0.25) is 9.48 Å². The number of hydrogen-bond acceptors (Lipinski definition) is 5. The Morgan fingerprint density at radius 3 is 3.00 bits per heavy atom. The molecular weight excluding hydrogens is 344 g/mol. The minimum atomic E-state index is -0.594. The van der Waals surface area contributed by atoms with Crippen LogP contribution in [0, 0.1) is 12.8 Å². The second kappa shape index (κ2) is 7.41. The van der Waals surface area contributed by atoms with Crippen molar-refractivity contribution >= 4 is 17.5 Å². The maximum absolute atomic E-state index is 12.7. The second-order valence-electron chi connectivity index (χ2n) is 6.33. The first kappa shape index (κ1) is 17.7. The van der Waals surface area contributed by atoms with Gasteiger partial charge in [-0.1, -0.05) is 11.6 Å². The average Bonchev–Trinajstić information content (AvgIpc) is 3.20. The highest BCUT2D eigenvalue weighted by Crippen LogP contribution is 2.29. The van der Waals surface area contributed by atoms with Gasteiger partial charge >= 0.3 is 0 Å². The van der Waals surface area contributed by atoms with E-state index < -0.39 is 6.10 Å². The SMILES string of the molecule is COc1ncc(Cl)c(C)c1C(=O)N[C@@H]1CC(Cn2cccn2)C[C@H]1O. The number of amides is 1. The van der Waals surface area contributed by atoms with Crippen LogP contribution >= 0.6 is 11.6 Å². The molecule has 2 heterocycles. The number of halogens is 1. The van der Waals surface area contributed by atoms with E-state index in [-0.39, 0.29) is 23.7 Å². The number of aliphatic hydroxyl groups is 1. The number of hydrogen-bond donors (Lipinski definition) is 2. The largest absolute Gasteiger partial charge is 0.480 e. The van der Waals surface area contributed by atoms with Gasteiger partial charge < -0.3 is 15.2 Å². The highest BCUT2D eigenvalue weighted by Gasteiger charge is 2.35. The predicted molar refractivity (Wildman–Crippen MR) is 92.7 cm³/mol. The highest BCUT2D eigenvalue weighted by molar-refractivity contribution is 6.31. The van der Waals surface area contributed by atoms with Crippen LogP contribution < -0.4 is 10.1 Å². The number of rotatable bonds is 5. The van der Waals surface area contributed by atoms with Crippen molar-refractivity contribution in [2.75, 3.05) is 7.11 Å². The van der Waals surface area contributed by atoms with Crippen LogP contribution in [-0.2, 0) is 6.54 Å². The summed E-state index contributed by atoms with van der Waals surface area (Å²) in [4.78, 5) is 16.8. The number of aromatic nitrogens is 3. The molecule has 1 aliphatic rings. The lowest BCUT2D eigenvalue weighted by Crippen LogP contribution is -2.40. The minimum absolute atomic E-state index is 0.222. The maximum Gasteiger partial charge on any atom is 0.257 e. The van der Waals surface area contributed by atoms with Crippen LogP contribution in [0.15, 0.2) is 24.7 Å². The third kappa shape index (κ3) is 3.77. The Hall–Kier alpha value is -2.12. The summed E-state index contributed by atoms with van der Waals surface area (Å²) in [7, 11) is 1.46. The third-order valence-corrected chi connectivity index (χ3v) is 4.99. The summed E-state index contributed by atoms with van der Waals surface area (Å²) in [6.07, 6.45) is 5.78. The molecule has 1 aliphatic carbocycles. The zero-order valence-electron chi connectivity index (χ0n) is 14.1. The molecule has 3 rings (SSSR count). The summed E-state index contributed by atoms with van der Waals surface area (Å²) < 4.78 is 7.02. The fourth-order valence-electron chi connectivity index (χ4n) is 3.31. The molecular formula is C17H21ClN4O3. The van der Waals surface area contributed by atoms with Crippen molar-refractivity contribution in [3.8, 4) is 5.88 Å². The van der Waals surface area contributed by atoms with Crippen LogP contribution in [0.3, 0.4) is 0 Å². The molecule has 3 atom stereocenters. The van der Waals surface area contributed by atoms with Gasteiger partial charge in [-0.2, -0.15) is 5.10 Å². The normalized spacial score (nSPS) is 22.8. The van der Waals surface area contributed by atoms with Crippen LogP contribution in [0.4, 0.5) is 0 Å². The van der Waals surface area contributed by atoms with Crippen molar-refractivity contribution in [2.24, 2.45) is 5.92 Å². The highest BCUT2D eigenvalue weighted by atomic mass is 35.5. The number of carbonyl (C=O) groups is 1. The number of carbonyl (C=O) groups excluding carboxylic acids is 1. The molecule has 7 nitrogen and oxygen atoms in total. The van der Waals surface area contributed by atoms with Crippen molar-refractivity contribution in [1.29, 1.82) is 0 Å². The third-order valence-electron chi connectivity index (χ3n) is 4.61. The minimum Gasteiger partial charge on any atom is -0.480 e. The molecule has 0 saturated heterocycles. The van der Waals surface area contributed by atoms with Gasteiger partial charge in [0, 0.05) is 25.1 Å². The zero-order valence-corrected chi connectivity index (χ0v) is 14.9. The quantitative estimate of drug-likeness (QED) is 0.844. The first-order valence-corrected chi connectivity index (χ1v) is 8.52. The lowest BCUT2D eigenvalue weighted by atomic mass is 10.1. The van der Waals surface area contributed by atoms with E-state index in [0.717, 1.165) is 6.54 Å². The number of nitrogens with zero attached hydrogens (tertiary/aromatic N) is 3. The van der Waals surface area contributed by atoms with E-state index >= 15 is 0 Å². The van der Waals surface area contributed by atoms with Crippen LogP contribution in [-0.4, -0.2) is 45.0 Å². The van der Waals surface area contributed by atoms with E-state index in [0.29, 0.717) is 29.0 Å². The topological polar surface area (TPSA) is 89.3 Å². The molecule has 0 aromatic carbocycles. The molecule has 2 aromatic heterocycles. The summed E-state index contributed by atoms with van der Waals surface area (Å²) in [5, 5.41) is 17.8. The molecule has 0 radical (unpaired) electrons. The number of aliphatic hydroxyl groups excluding tert-OH is 1. The van der Waals surface area contributed by atoms with Gasteiger partial charge in [0.1, 0.15) is 5.56 Å². The van der Waals surface area contributed by atoms with E-state index in [9.17, 15) is 9.90 Å². The van der Waals surface area contributed by atoms with Crippen molar-refractivity contribution in [3.05, 3.63) is 40.8 Å². The van der Waals surface area contributed by atoms with Crippen LogP contribution in [0.2, 0.25) is 5.02 Å². The van der Waals surface area contributed by atoms with Crippen molar-refractivity contribution in [2.45, 2.75) is 38.5 Å². The molecule has 25 heavy (non-hydrogen) atoms. The summed E-state index contributed by atoms with van der Waals surface area (Å²) in [6.45, 7) is 2.46. The number of pyridine rings is 1. The monoisotopic (exact) mass is 364 g/mol. The van der Waals surface area contributed by atoms with E-state index in [1.165, 1.54) is 13.3 Å². The van der Waals surface area contributed by atoms with Crippen LogP contribution in [0.5, 0.6) is 5.88 Å². The summed E-state index contributed by atoms with van der Waals surface area (Å²) in [5.41, 5.74) is 0.907. The first-order chi connectivity index (χ1) is 12.0. The Labute approximate surface area is 151 Å². The molecule has 0 bridgehead atoms. The first-order valence-electron chi connectivity index (χ1n) is 8.15. The Kier molecular flexibility index (Phi) is 5.24. The van der Waals surface area contributed by atoms with E-state index in [2.05, 4.69) is 15.4 Å². The Morgan fingerprint density at radius 1 is 1.52 bits per heavy atom. The molecule has 1 saturated carbocycles. The molecule has 1 amide bonds.